The van der Waals surface area contributed by atoms with E-state index < -0.39 is 0 Å². The maximum absolute atomic E-state index is 12.1. The van der Waals surface area contributed by atoms with E-state index in [9.17, 15) is 4.79 Å². The predicted molar refractivity (Wildman–Crippen MR) is 67.9 cm³/mol. The molecule has 17 heavy (non-hydrogen) atoms. The Morgan fingerprint density at radius 1 is 1.41 bits per heavy atom. The summed E-state index contributed by atoms with van der Waals surface area (Å²) in [5.41, 5.74) is 0.570. The lowest BCUT2D eigenvalue weighted by atomic mass is 10.2. The van der Waals surface area contributed by atoms with Crippen LogP contribution in [0.1, 0.15) is 30.1 Å². The Kier molecular flexibility index (Phi) is 5.51. The molecule has 0 radical (unpaired) electrons. The van der Waals surface area contributed by atoms with Gasteiger partial charge in [-0.25, -0.2) is 0 Å². The molecule has 0 spiro atoms. The van der Waals surface area contributed by atoms with Crippen molar-refractivity contribution < 1.29 is 4.79 Å². The topological polar surface area (TPSA) is 44.1 Å². The molecule has 0 heterocycles. The van der Waals surface area contributed by atoms with Gasteiger partial charge in [0.2, 0.25) is 0 Å². The second-order valence-corrected chi connectivity index (χ2v) is 4.18. The number of hydrogen-bond donors (Lipinski definition) is 0. The number of unbranched alkanes of at least 4 members (excludes halogenated alkanes) is 1. The van der Waals surface area contributed by atoms with Crippen LogP contribution in [0.2, 0.25) is 5.02 Å². The van der Waals surface area contributed by atoms with Crippen LogP contribution in [0.3, 0.4) is 0 Å². The van der Waals surface area contributed by atoms with E-state index in [0.29, 0.717) is 17.1 Å². The van der Waals surface area contributed by atoms with Crippen molar-refractivity contribution in [1.82, 2.24) is 4.90 Å². The quantitative estimate of drug-likeness (QED) is 0.754. The molecule has 90 valence electrons. The largest absolute Gasteiger partial charge is 0.325 e. The number of carbonyl (C=O) groups is 1. The number of nitrogens with zero attached hydrogens (tertiary/aromatic N) is 2. The summed E-state index contributed by atoms with van der Waals surface area (Å²) in [5, 5.41) is 9.31. The van der Waals surface area contributed by atoms with Crippen LogP contribution in [0.15, 0.2) is 24.3 Å². The fourth-order valence-corrected chi connectivity index (χ4v) is 1.59. The summed E-state index contributed by atoms with van der Waals surface area (Å²) in [5.74, 6) is -0.114. The lowest BCUT2D eigenvalue weighted by molar-refractivity contribution is 0.0774. The number of carbonyl (C=O) groups excluding carboxylic acids is 1. The van der Waals surface area contributed by atoms with Gasteiger partial charge in [0.25, 0.3) is 5.91 Å². The van der Waals surface area contributed by atoms with E-state index in [4.69, 9.17) is 16.9 Å². The second-order valence-electron chi connectivity index (χ2n) is 3.75. The molecule has 4 heteroatoms. The molecule has 3 nitrogen and oxygen atoms in total. The molecule has 1 rings (SSSR count). The van der Waals surface area contributed by atoms with Gasteiger partial charge >= 0.3 is 0 Å². The molecule has 1 aromatic carbocycles. The number of rotatable bonds is 5. The Morgan fingerprint density at radius 2 is 2.06 bits per heavy atom. The molecule has 0 atom stereocenters. The Hall–Kier alpha value is -1.53. The van der Waals surface area contributed by atoms with Gasteiger partial charge in [-0.1, -0.05) is 24.9 Å². The van der Waals surface area contributed by atoms with Gasteiger partial charge in [-0.2, -0.15) is 5.26 Å². The van der Waals surface area contributed by atoms with Crippen LogP contribution < -0.4 is 0 Å². The van der Waals surface area contributed by atoms with Crippen molar-refractivity contribution in [3.8, 4) is 6.07 Å². The van der Waals surface area contributed by atoms with E-state index in [1.165, 1.54) is 0 Å². The first-order chi connectivity index (χ1) is 8.19. The average molecular weight is 251 g/mol. The molecule has 0 aromatic heterocycles. The van der Waals surface area contributed by atoms with Crippen LogP contribution in [-0.2, 0) is 0 Å². The fraction of sp³-hybridized carbons (Fsp3) is 0.385. The van der Waals surface area contributed by atoms with E-state index in [1.807, 2.05) is 6.07 Å². The van der Waals surface area contributed by atoms with Crippen LogP contribution in [0.5, 0.6) is 0 Å². The molecule has 0 fully saturated rings. The van der Waals surface area contributed by atoms with Crippen molar-refractivity contribution >= 4 is 17.5 Å². The average Bonchev–Trinajstić information content (AvgIpc) is 2.34. The molecule has 0 saturated heterocycles. The molecule has 1 aromatic rings. The van der Waals surface area contributed by atoms with Gasteiger partial charge in [-0.15, -0.1) is 0 Å². The lowest BCUT2D eigenvalue weighted by Crippen LogP contribution is -2.32. The van der Waals surface area contributed by atoms with Crippen molar-refractivity contribution in [2.75, 3.05) is 13.1 Å². The molecule has 0 bridgehead atoms. The molecule has 0 N–H and O–H groups in total. The molecule has 0 saturated carbocycles. The summed E-state index contributed by atoms with van der Waals surface area (Å²) in [6, 6.07) is 8.74. The molecule has 0 aliphatic carbocycles. The zero-order valence-electron chi connectivity index (χ0n) is 9.82. The van der Waals surface area contributed by atoms with E-state index in [-0.39, 0.29) is 12.5 Å². The highest BCUT2D eigenvalue weighted by molar-refractivity contribution is 6.30. The van der Waals surface area contributed by atoms with Gasteiger partial charge in [0.1, 0.15) is 6.54 Å². The molecule has 0 unspecified atom stereocenters. The summed E-state index contributed by atoms with van der Waals surface area (Å²) in [6.07, 6.45) is 1.90. The van der Waals surface area contributed by atoms with Gasteiger partial charge in [0, 0.05) is 17.1 Å². The van der Waals surface area contributed by atoms with Crippen molar-refractivity contribution in [1.29, 1.82) is 5.26 Å². The van der Waals surface area contributed by atoms with Crippen LogP contribution in [0.25, 0.3) is 0 Å². The maximum Gasteiger partial charge on any atom is 0.254 e. The van der Waals surface area contributed by atoms with E-state index in [0.717, 1.165) is 12.8 Å². The van der Waals surface area contributed by atoms with Gasteiger partial charge in [0.15, 0.2) is 0 Å². The number of benzene rings is 1. The summed E-state index contributed by atoms with van der Waals surface area (Å²) in [4.78, 5) is 13.6. The summed E-state index contributed by atoms with van der Waals surface area (Å²) in [7, 11) is 0. The molecule has 0 aliphatic rings. The van der Waals surface area contributed by atoms with Crippen LogP contribution in [0, 0.1) is 11.3 Å². The minimum atomic E-state index is -0.114. The molecule has 1 amide bonds. The third-order valence-corrected chi connectivity index (χ3v) is 2.67. The first-order valence-corrected chi connectivity index (χ1v) is 5.98. The lowest BCUT2D eigenvalue weighted by Gasteiger charge is -2.19. The summed E-state index contributed by atoms with van der Waals surface area (Å²) < 4.78 is 0. The van der Waals surface area contributed by atoms with E-state index in [2.05, 4.69) is 6.92 Å². The van der Waals surface area contributed by atoms with Crippen LogP contribution in [-0.4, -0.2) is 23.9 Å². The minimum absolute atomic E-state index is 0.114. The normalized spacial score (nSPS) is 9.71. The van der Waals surface area contributed by atoms with Crippen molar-refractivity contribution in [3.63, 3.8) is 0 Å². The van der Waals surface area contributed by atoms with Gasteiger partial charge in [0.05, 0.1) is 6.07 Å². The first kappa shape index (κ1) is 13.5. The zero-order valence-corrected chi connectivity index (χ0v) is 10.6. The number of amides is 1. The minimum Gasteiger partial charge on any atom is -0.325 e. The second kappa shape index (κ2) is 6.93. The smallest absolute Gasteiger partial charge is 0.254 e. The Labute approximate surface area is 107 Å². The SMILES string of the molecule is CCCCN(CC#N)C(=O)c1ccc(Cl)cc1. The number of hydrogen-bond acceptors (Lipinski definition) is 2. The third kappa shape index (κ3) is 4.08. The molecule has 0 aliphatic heterocycles. The predicted octanol–water partition coefficient (Wildman–Crippen LogP) is 3.11. The standard InChI is InChI=1S/C13H15ClN2O/c1-2-3-9-16(10-8-15)13(17)11-4-6-12(14)7-5-11/h4-7H,2-3,9-10H2,1H3. The van der Waals surface area contributed by atoms with Gasteiger partial charge in [-0.05, 0) is 30.7 Å². The number of nitriles is 1. The zero-order chi connectivity index (χ0) is 12.7. The number of halogens is 1. The van der Waals surface area contributed by atoms with Gasteiger partial charge < -0.3 is 4.90 Å². The Bertz CT molecular complexity index is 408. The highest BCUT2D eigenvalue weighted by Gasteiger charge is 2.14. The fourth-order valence-electron chi connectivity index (χ4n) is 1.46. The van der Waals surface area contributed by atoms with Crippen molar-refractivity contribution in [3.05, 3.63) is 34.9 Å². The molecular weight excluding hydrogens is 236 g/mol. The summed E-state index contributed by atoms with van der Waals surface area (Å²) >= 11 is 5.76. The van der Waals surface area contributed by atoms with E-state index in [1.54, 1.807) is 29.2 Å². The highest BCUT2D eigenvalue weighted by atomic mass is 35.5. The van der Waals surface area contributed by atoms with Crippen molar-refractivity contribution in [2.24, 2.45) is 0 Å². The molecular formula is C13H15ClN2O. The summed E-state index contributed by atoms with van der Waals surface area (Å²) in [6.45, 7) is 2.80. The highest BCUT2D eigenvalue weighted by Crippen LogP contribution is 2.12. The van der Waals surface area contributed by atoms with Crippen LogP contribution in [0.4, 0.5) is 0 Å². The van der Waals surface area contributed by atoms with Gasteiger partial charge in [-0.3, -0.25) is 4.79 Å². The van der Waals surface area contributed by atoms with Crippen molar-refractivity contribution in [2.45, 2.75) is 19.8 Å². The Morgan fingerprint density at radius 3 is 2.59 bits per heavy atom. The first-order valence-electron chi connectivity index (χ1n) is 5.60. The monoisotopic (exact) mass is 250 g/mol. The maximum atomic E-state index is 12.1. The van der Waals surface area contributed by atoms with E-state index >= 15 is 0 Å². The Balaban J connectivity index is 2.76. The third-order valence-electron chi connectivity index (χ3n) is 2.42. The van der Waals surface area contributed by atoms with Crippen LogP contribution >= 0.6 is 11.6 Å².